The fourth-order valence-electron chi connectivity index (χ4n) is 3.41. The lowest BCUT2D eigenvalue weighted by molar-refractivity contribution is -0.386. The molecule has 0 radical (unpaired) electrons. The molecule has 0 aliphatic heterocycles. The number of nitro groups is 1. The van der Waals surface area contributed by atoms with Gasteiger partial charge < -0.3 is 24.1 Å². The van der Waals surface area contributed by atoms with Crippen LogP contribution >= 0.6 is 0 Å². The van der Waals surface area contributed by atoms with E-state index >= 15 is 0 Å². The molecule has 0 heterocycles. The fraction of sp³-hybridized carbons (Fsp3) is 0.423. The third kappa shape index (κ3) is 7.66. The fourth-order valence-corrected chi connectivity index (χ4v) is 3.41. The van der Waals surface area contributed by atoms with Gasteiger partial charge >= 0.3 is 18.1 Å². The quantitative estimate of drug-likeness (QED) is 0.170. The van der Waals surface area contributed by atoms with E-state index in [9.17, 15) is 29.6 Å². The Morgan fingerprint density at radius 1 is 0.973 bits per heavy atom. The van der Waals surface area contributed by atoms with Gasteiger partial charge in [-0.2, -0.15) is 0 Å². The molecular weight excluding hydrogens is 486 g/mol. The molecule has 0 fully saturated rings. The number of phenols is 1. The molecule has 0 spiro atoms. The Labute approximate surface area is 214 Å². The molecule has 11 heteroatoms. The Kier molecular flexibility index (Phi) is 8.86. The number of rotatable bonds is 7. The lowest BCUT2D eigenvalue weighted by Crippen LogP contribution is -2.26. The molecule has 11 nitrogen and oxygen atoms in total. The highest BCUT2D eigenvalue weighted by atomic mass is 16.7. The third-order valence-corrected chi connectivity index (χ3v) is 5.21. The monoisotopic (exact) mass is 517 g/mol. The first-order valence-corrected chi connectivity index (χ1v) is 11.3. The van der Waals surface area contributed by atoms with Crippen LogP contribution < -0.4 is 4.74 Å². The average Bonchev–Trinajstić information content (AvgIpc) is 2.76. The van der Waals surface area contributed by atoms with Crippen LogP contribution in [0.5, 0.6) is 11.5 Å². The summed E-state index contributed by atoms with van der Waals surface area (Å²) in [5.41, 5.74) is -0.858. The standard InChI is InChI=1S/C26H31NO10/c1-15(28)34-14-35-23(30)22(16-10-8-9-11-19(16)27(32)33)37-24(31)36-21-13-17(25(2,3)4)20(29)12-18(21)26(5,6)7/h8-13,22,29H,14H2,1-7H3. The van der Waals surface area contributed by atoms with Gasteiger partial charge in [-0.05, 0) is 29.0 Å². The minimum atomic E-state index is -1.90. The second-order valence-electron chi connectivity index (χ2n) is 10.2. The van der Waals surface area contributed by atoms with Crippen molar-refractivity contribution in [3.63, 3.8) is 0 Å². The number of hydrogen-bond acceptors (Lipinski definition) is 10. The number of hydrogen-bond donors (Lipinski definition) is 1. The maximum Gasteiger partial charge on any atom is 0.515 e. The molecule has 0 saturated carbocycles. The van der Waals surface area contributed by atoms with Gasteiger partial charge in [-0.3, -0.25) is 14.9 Å². The van der Waals surface area contributed by atoms with E-state index in [-0.39, 0.29) is 17.1 Å². The Morgan fingerprint density at radius 3 is 2.11 bits per heavy atom. The van der Waals surface area contributed by atoms with Crippen molar-refractivity contribution < 1.29 is 43.4 Å². The van der Waals surface area contributed by atoms with Crippen LogP contribution in [0.3, 0.4) is 0 Å². The Balaban J connectivity index is 2.47. The van der Waals surface area contributed by atoms with Crippen LogP contribution in [0.1, 0.15) is 71.3 Å². The number of esters is 2. The summed E-state index contributed by atoms with van der Waals surface area (Å²) in [5, 5.41) is 22.1. The minimum Gasteiger partial charge on any atom is -0.508 e. The van der Waals surface area contributed by atoms with Crippen molar-refractivity contribution in [3.05, 3.63) is 63.2 Å². The van der Waals surface area contributed by atoms with Crippen molar-refractivity contribution in [1.29, 1.82) is 0 Å². The van der Waals surface area contributed by atoms with Crippen molar-refractivity contribution in [2.24, 2.45) is 0 Å². The number of phenolic OH excluding ortho intramolecular Hbond substituents is 1. The zero-order chi connectivity index (χ0) is 28.1. The molecule has 2 aromatic rings. The largest absolute Gasteiger partial charge is 0.515 e. The highest BCUT2D eigenvalue weighted by molar-refractivity contribution is 5.81. The molecule has 200 valence electrons. The van der Waals surface area contributed by atoms with E-state index in [2.05, 4.69) is 4.74 Å². The number of carbonyl (C=O) groups is 3. The predicted molar refractivity (Wildman–Crippen MR) is 131 cm³/mol. The molecule has 0 aliphatic rings. The molecule has 2 aromatic carbocycles. The van der Waals surface area contributed by atoms with Crippen molar-refractivity contribution >= 4 is 23.8 Å². The normalized spacial score (nSPS) is 12.3. The van der Waals surface area contributed by atoms with Crippen LogP contribution in [-0.4, -0.2) is 34.9 Å². The molecule has 0 aromatic heterocycles. The molecule has 2 rings (SSSR count). The highest BCUT2D eigenvalue weighted by Crippen LogP contribution is 2.41. The molecule has 37 heavy (non-hydrogen) atoms. The zero-order valence-electron chi connectivity index (χ0n) is 21.8. The molecule has 0 saturated heterocycles. The summed E-state index contributed by atoms with van der Waals surface area (Å²) in [6.07, 6.45) is -3.24. The topological polar surface area (TPSA) is 152 Å². The van der Waals surface area contributed by atoms with E-state index < -0.39 is 52.4 Å². The van der Waals surface area contributed by atoms with Gasteiger partial charge in [0.1, 0.15) is 11.5 Å². The van der Waals surface area contributed by atoms with Gasteiger partial charge in [0.05, 0.1) is 10.5 Å². The van der Waals surface area contributed by atoms with Gasteiger partial charge in [0.2, 0.25) is 12.9 Å². The number of nitro benzene ring substituents is 1. The first kappa shape index (κ1) is 29.1. The Morgan fingerprint density at radius 2 is 1.57 bits per heavy atom. The number of ether oxygens (including phenoxy) is 4. The Hall–Kier alpha value is -4.15. The van der Waals surface area contributed by atoms with E-state index in [1.165, 1.54) is 30.3 Å². The molecular formula is C26H31NO10. The maximum atomic E-state index is 12.9. The van der Waals surface area contributed by atoms with Crippen molar-refractivity contribution in [2.75, 3.05) is 6.79 Å². The lowest BCUT2D eigenvalue weighted by atomic mass is 9.81. The van der Waals surface area contributed by atoms with E-state index in [0.717, 1.165) is 13.0 Å². The number of carbonyl (C=O) groups excluding carboxylic acids is 3. The van der Waals surface area contributed by atoms with Crippen LogP contribution in [0, 0.1) is 10.1 Å². The number of benzene rings is 2. The molecule has 0 amide bonds. The number of aromatic hydroxyl groups is 1. The van der Waals surface area contributed by atoms with Crippen molar-refractivity contribution in [3.8, 4) is 11.5 Å². The van der Waals surface area contributed by atoms with Gasteiger partial charge in [-0.1, -0.05) is 53.7 Å². The maximum absolute atomic E-state index is 12.9. The SMILES string of the molecule is CC(=O)OCOC(=O)C(OC(=O)Oc1cc(C(C)(C)C)c(O)cc1C(C)(C)C)c1ccccc1[N+](=O)[O-]. The zero-order valence-corrected chi connectivity index (χ0v) is 21.8. The Bertz CT molecular complexity index is 1190. The lowest BCUT2D eigenvalue weighted by Gasteiger charge is -2.27. The van der Waals surface area contributed by atoms with Crippen LogP contribution in [0.15, 0.2) is 36.4 Å². The number of nitrogens with zero attached hydrogens (tertiary/aromatic N) is 1. The van der Waals surface area contributed by atoms with Crippen LogP contribution in [-0.2, 0) is 34.6 Å². The molecule has 1 unspecified atom stereocenters. The summed E-state index contributed by atoms with van der Waals surface area (Å²) in [7, 11) is 0. The van der Waals surface area contributed by atoms with Gasteiger partial charge in [-0.25, -0.2) is 9.59 Å². The van der Waals surface area contributed by atoms with E-state index in [4.69, 9.17) is 14.2 Å². The first-order valence-electron chi connectivity index (χ1n) is 11.3. The second-order valence-corrected chi connectivity index (χ2v) is 10.2. The van der Waals surface area contributed by atoms with Gasteiger partial charge in [-0.15, -0.1) is 0 Å². The number of para-hydroxylation sites is 1. The summed E-state index contributed by atoms with van der Waals surface area (Å²) < 4.78 is 20.1. The van der Waals surface area contributed by atoms with Gasteiger partial charge in [0.25, 0.3) is 5.69 Å². The van der Waals surface area contributed by atoms with E-state index in [1.807, 2.05) is 41.5 Å². The predicted octanol–water partition coefficient (Wildman–Crippen LogP) is 5.22. The minimum absolute atomic E-state index is 0.0185. The summed E-state index contributed by atoms with van der Waals surface area (Å²) in [4.78, 5) is 47.4. The molecule has 1 atom stereocenters. The van der Waals surface area contributed by atoms with E-state index in [1.54, 1.807) is 0 Å². The van der Waals surface area contributed by atoms with Gasteiger partial charge in [0, 0.05) is 24.1 Å². The highest BCUT2D eigenvalue weighted by Gasteiger charge is 2.35. The van der Waals surface area contributed by atoms with Crippen molar-refractivity contribution in [2.45, 2.75) is 65.4 Å². The first-order chi connectivity index (χ1) is 17.0. The van der Waals surface area contributed by atoms with Crippen molar-refractivity contribution in [1.82, 2.24) is 0 Å². The summed E-state index contributed by atoms with van der Waals surface area (Å²) in [5.74, 6) is -1.85. The molecule has 0 aliphatic carbocycles. The third-order valence-electron chi connectivity index (χ3n) is 5.21. The smallest absolute Gasteiger partial charge is 0.508 e. The molecule has 0 bridgehead atoms. The average molecular weight is 518 g/mol. The van der Waals surface area contributed by atoms with Crippen LogP contribution in [0.2, 0.25) is 0 Å². The van der Waals surface area contributed by atoms with Crippen LogP contribution in [0.4, 0.5) is 10.5 Å². The molecule has 1 N–H and O–H groups in total. The van der Waals surface area contributed by atoms with E-state index in [0.29, 0.717) is 11.1 Å². The summed E-state index contributed by atoms with van der Waals surface area (Å²) in [6, 6.07) is 8.15. The van der Waals surface area contributed by atoms with Gasteiger partial charge in [0.15, 0.2) is 0 Å². The summed E-state index contributed by atoms with van der Waals surface area (Å²) >= 11 is 0. The summed E-state index contributed by atoms with van der Waals surface area (Å²) in [6.45, 7) is 11.4. The second kappa shape index (κ2) is 11.3. The van der Waals surface area contributed by atoms with Crippen LogP contribution in [0.25, 0.3) is 0 Å².